The Labute approximate surface area is 116 Å². The third-order valence-corrected chi connectivity index (χ3v) is 2.91. The van der Waals surface area contributed by atoms with Gasteiger partial charge in [-0.15, -0.1) is 0 Å². The van der Waals surface area contributed by atoms with Gasteiger partial charge in [-0.25, -0.2) is 9.18 Å². The third-order valence-electron chi connectivity index (χ3n) is 2.91. The van der Waals surface area contributed by atoms with Gasteiger partial charge in [-0.1, -0.05) is 6.07 Å². The predicted octanol–water partition coefficient (Wildman–Crippen LogP) is 3.47. The normalized spacial score (nSPS) is 10.3. The lowest BCUT2D eigenvalue weighted by Gasteiger charge is -2.13. The lowest BCUT2D eigenvalue weighted by Crippen LogP contribution is -2.08. The highest BCUT2D eigenvalue weighted by atomic mass is 19.1. The van der Waals surface area contributed by atoms with E-state index in [1.54, 1.807) is 0 Å². The van der Waals surface area contributed by atoms with E-state index in [1.165, 1.54) is 6.07 Å². The number of carbonyl (C=O) groups is 1. The second-order valence-electron chi connectivity index (χ2n) is 4.69. The van der Waals surface area contributed by atoms with E-state index in [0.717, 1.165) is 22.9 Å². The molecule has 0 radical (unpaired) electrons. The molecule has 2 rings (SSSR count). The van der Waals surface area contributed by atoms with Crippen LogP contribution in [-0.4, -0.2) is 11.1 Å². The van der Waals surface area contributed by atoms with Crippen molar-refractivity contribution in [3.05, 3.63) is 52.8 Å². The second kappa shape index (κ2) is 5.21. The summed E-state index contributed by atoms with van der Waals surface area (Å²) >= 11 is 0. The standard InChI is InChI=1S/C15H15FN2O2/c1-8-5-9(2)7-10(6-8)18-12-4-3-11(16)14(17)13(12)15(19)20/h3-7,18H,17H2,1-2H3,(H,19,20). The summed E-state index contributed by atoms with van der Waals surface area (Å²) < 4.78 is 13.4. The van der Waals surface area contributed by atoms with Gasteiger partial charge in [0.2, 0.25) is 0 Å². The first kappa shape index (κ1) is 13.9. The maximum Gasteiger partial charge on any atom is 0.340 e. The molecule has 0 aliphatic rings. The minimum Gasteiger partial charge on any atom is -0.478 e. The molecule has 4 N–H and O–H groups in total. The maximum atomic E-state index is 13.4. The Hall–Kier alpha value is -2.56. The molecule has 0 spiro atoms. The van der Waals surface area contributed by atoms with Crippen molar-refractivity contribution in [2.45, 2.75) is 13.8 Å². The van der Waals surface area contributed by atoms with Gasteiger partial charge in [0.25, 0.3) is 0 Å². The van der Waals surface area contributed by atoms with Crippen LogP contribution in [0.4, 0.5) is 21.5 Å². The van der Waals surface area contributed by atoms with Gasteiger partial charge in [0.1, 0.15) is 11.4 Å². The summed E-state index contributed by atoms with van der Waals surface area (Å²) in [4.78, 5) is 11.2. The maximum absolute atomic E-state index is 13.4. The van der Waals surface area contributed by atoms with Gasteiger partial charge in [-0.05, 0) is 49.2 Å². The van der Waals surface area contributed by atoms with Crippen molar-refractivity contribution in [2.75, 3.05) is 11.1 Å². The molecule has 4 nitrogen and oxygen atoms in total. The summed E-state index contributed by atoms with van der Waals surface area (Å²) in [5.41, 5.74) is 7.95. The summed E-state index contributed by atoms with van der Waals surface area (Å²) in [6.07, 6.45) is 0. The molecule has 0 unspecified atom stereocenters. The molecule has 0 fully saturated rings. The predicted molar refractivity (Wildman–Crippen MR) is 77.0 cm³/mol. The molecule has 20 heavy (non-hydrogen) atoms. The smallest absolute Gasteiger partial charge is 0.340 e. The van der Waals surface area contributed by atoms with E-state index in [4.69, 9.17) is 5.73 Å². The molecule has 0 amide bonds. The highest BCUT2D eigenvalue weighted by molar-refractivity contribution is 6.00. The number of aryl methyl sites for hydroxylation is 2. The molecule has 2 aromatic rings. The van der Waals surface area contributed by atoms with E-state index in [2.05, 4.69) is 5.32 Å². The zero-order chi connectivity index (χ0) is 14.9. The van der Waals surface area contributed by atoms with Crippen LogP contribution in [-0.2, 0) is 0 Å². The number of nitrogens with one attached hydrogen (secondary N) is 1. The van der Waals surface area contributed by atoms with E-state index in [9.17, 15) is 14.3 Å². The highest BCUT2D eigenvalue weighted by Crippen LogP contribution is 2.28. The van der Waals surface area contributed by atoms with Crippen LogP contribution in [0.15, 0.2) is 30.3 Å². The van der Waals surface area contributed by atoms with Crippen LogP contribution in [0.5, 0.6) is 0 Å². The average Bonchev–Trinajstić information content (AvgIpc) is 2.32. The van der Waals surface area contributed by atoms with E-state index < -0.39 is 11.8 Å². The fourth-order valence-corrected chi connectivity index (χ4v) is 2.13. The Bertz CT molecular complexity index is 664. The molecule has 0 aliphatic carbocycles. The van der Waals surface area contributed by atoms with Gasteiger partial charge in [0, 0.05) is 5.69 Å². The first-order valence-corrected chi connectivity index (χ1v) is 6.05. The molecule has 0 saturated carbocycles. The lowest BCUT2D eigenvalue weighted by molar-refractivity contribution is 0.0698. The van der Waals surface area contributed by atoms with Crippen molar-refractivity contribution in [3.8, 4) is 0 Å². The average molecular weight is 274 g/mol. The van der Waals surface area contributed by atoms with Crippen molar-refractivity contribution in [3.63, 3.8) is 0 Å². The SMILES string of the molecule is Cc1cc(C)cc(Nc2ccc(F)c(N)c2C(=O)O)c1. The van der Waals surface area contributed by atoms with Crippen LogP contribution in [0.3, 0.4) is 0 Å². The summed E-state index contributed by atoms with van der Waals surface area (Å²) in [5.74, 6) is -2.01. The molecule has 0 heterocycles. The molecule has 0 atom stereocenters. The summed E-state index contributed by atoms with van der Waals surface area (Å²) in [6, 6.07) is 8.26. The monoisotopic (exact) mass is 274 g/mol. The van der Waals surface area contributed by atoms with Crippen LogP contribution in [0.2, 0.25) is 0 Å². The zero-order valence-electron chi connectivity index (χ0n) is 11.2. The Morgan fingerprint density at radius 1 is 1.20 bits per heavy atom. The number of nitrogens with two attached hydrogens (primary N) is 1. The first-order chi connectivity index (χ1) is 9.38. The van der Waals surface area contributed by atoms with Gasteiger partial charge < -0.3 is 16.2 Å². The second-order valence-corrected chi connectivity index (χ2v) is 4.69. The minimum absolute atomic E-state index is 0.260. The third kappa shape index (κ3) is 2.71. The lowest BCUT2D eigenvalue weighted by atomic mass is 10.1. The molecule has 2 aromatic carbocycles. The fourth-order valence-electron chi connectivity index (χ4n) is 2.13. The van der Waals surface area contributed by atoms with Crippen LogP contribution in [0.25, 0.3) is 0 Å². The molecule has 0 aromatic heterocycles. The summed E-state index contributed by atoms with van der Waals surface area (Å²) in [6.45, 7) is 3.88. The van der Waals surface area contributed by atoms with Gasteiger partial charge >= 0.3 is 5.97 Å². The largest absolute Gasteiger partial charge is 0.478 e. The quantitative estimate of drug-likeness (QED) is 0.749. The van der Waals surface area contributed by atoms with Crippen molar-refractivity contribution in [2.24, 2.45) is 0 Å². The number of nitrogen functional groups attached to an aromatic ring is 1. The van der Waals surface area contributed by atoms with Gasteiger partial charge in [-0.3, -0.25) is 0 Å². The van der Waals surface area contributed by atoms with Gasteiger partial charge in [0.05, 0.1) is 11.4 Å². The number of aromatic carboxylic acids is 1. The molecule has 0 saturated heterocycles. The molecule has 0 aliphatic heterocycles. The van der Waals surface area contributed by atoms with Crippen LogP contribution >= 0.6 is 0 Å². The van der Waals surface area contributed by atoms with Crippen molar-refractivity contribution < 1.29 is 14.3 Å². The number of rotatable bonds is 3. The molecule has 0 bridgehead atoms. The van der Waals surface area contributed by atoms with E-state index in [1.807, 2.05) is 32.0 Å². The molecule has 5 heteroatoms. The number of halogens is 1. The number of carboxylic acid groups (broad SMARTS) is 1. The van der Waals surface area contributed by atoms with E-state index in [0.29, 0.717) is 0 Å². The van der Waals surface area contributed by atoms with Crippen LogP contribution < -0.4 is 11.1 Å². The molecule has 104 valence electrons. The first-order valence-electron chi connectivity index (χ1n) is 6.05. The molecular formula is C15H15FN2O2. The Kier molecular flexibility index (Phi) is 3.61. The number of hydrogen-bond acceptors (Lipinski definition) is 3. The van der Waals surface area contributed by atoms with Gasteiger partial charge in [-0.2, -0.15) is 0 Å². The van der Waals surface area contributed by atoms with Crippen molar-refractivity contribution >= 4 is 23.0 Å². The molecular weight excluding hydrogens is 259 g/mol. The van der Waals surface area contributed by atoms with Crippen molar-refractivity contribution in [1.29, 1.82) is 0 Å². The van der Waals surface area contributed by atoms with Crippen molar-refractivity contribution in [1.82, 2.24) is 0 Å². The van der Waals surface area contributed by atoms with E-state index in [-0.39, 0.29) is 16.9 Å². The number of benzene rings is 2. The minimum atomic E-state index is -1.27. The van der Waals surface area contributed by atoms with Crippen LogP contribution in [0, 0.1) is 19.7 Å². The summed E-state index contributed by atoms with van der Waals surface area (Å²) in [5, 5.41) is 12.1. The summed E-state index contributed by atoms with van der Waals surface area (Å²) in [7, 11) is 0. The fraction of sp³-hybridized carbons (Fsp3) is 0.133. The van der Waals surface area contributed by atoms with E-state index >= 15 is 0 Å². The highest BCUT2D eigenvalue weighted by Gasteiger charge is 2.17. The number of hydrogen-bond donors (Lipinski definition) is 3. The Morgan fingerprint density at radius 3 is 2.35 bits per heavy atom. The number of anilines is 3. The zero-order valence-corrected chi connectivity index (χ0v) is 11.2. The van der Waals surface area contributed by atoms with Gasteiger partial charge in [0.15, 0.2) is 0 Å². The topological polar surface area (TPSA) is 75.3 Å². The Balaban J connectivity index is 2.48. The Morgan fingerprint density at radius 2 is 1.80 bits per heavy atom. The van der Waals surface area contributed by atoms with Crippen LogP contribution in [0.1, 0.15) is 21.5 Å². The number of carboxylic acids is 1.